The quantitative estimate of drug-likeness (QED) is 0.882. The monoisotopic (exact) mass is 244 g/mol. The molecule has 1 fully saturated rings. The molecule has 4 heteroatoms. The van der Waals surface area contributed by atoms with E-state index in [0.717, 1.165) is 18.8 Å². The fourth-order valence-corrected chi connectivity index (χ4v) is 2.34. The van der Waals surface area contributed by atoms with E-state index >= 15 is 0 Å². The van der Waals surface area contributed by atoms with Gasteiger partial charge in [-0.3, -0.25) is 4.98 Å². The zero-order chi connectivity index (χ0) is 12.6. The first-order valence-corrected chi connectivity index (χ1v) is 6.70. The standard InChI is InChI=1S/C14H20N4/c15-11-13-5-6-16-12-14(13)17-7-10-18-8-3-1-2-4-9-18/h5-6,12,17H,1-4,7-10H2. The molecule has 2 heterocycles. The van der Waals surface area contributed by atoms with Crippen molar-refractivity contribution in [3.05, 3.63) is 24.0 Å². The lowest BCUT2D eigenvalue weighted by atomic mass is 10.2. The summed E-state index contributed by atoms with van der Waals surface area (Å²) in [5.41, 5.74) is 1.51. The zero-order valence-electron chi connectivity index (χ0n) is 10.7. The first-order valence-electron chi connectivity index (χ1n) is 6.70. The highest BCUT2D eigenvalue weighted by molar-refractivity contribution is 5.55. The number of anilines is 1. The number of hydrogen-bond acceptors (Lipinski definition) is 4. The van der Waals surface area contributed by atoms with Gasteiger partial charge in [0.25, 0.3) is 0 Å². The Kier molecular flexibility index (Phi) is 4.98. The van der Waals surface area contributed by atoms with E-state index in [9.17, 15) is 0 Å². The topological polar surface area (TPSA) is 52.0 Å². The van der Waals surface area contributed by atoms with Gasteiger partial charge >= 0.3 is 0 Å². The summed E-state index contributed by atoms with van der Waals surface area (Å²) in [6, 6.07) is 3.92. The Morgan fingerprint density at radius 3 is 2.78 bits per heavy atom. The fourth-order valence-electron chi connectivity index (χ4n) is 2.34. The average Bonchev–Trinajstić information content (AvgIpc) is 2.68. The number of aromatic nitrogens is 1. The third-order valence-corrected chi connectivity index (χ3v) is 3.38. The van der Waals surface area contributed by atoms with E-state index in [1.807, 2.05) is 0 Å². The molecule has 1 aromatic rings. The number of nitrogens with zero attached hydrogens (tertiary/aromatic N) is 3. The molecule has 0 spiro atoms. The van der Waals surface area contributed by atoms with Crippen molar-refractivity contribution in [1.82, 2.24) is 9.88 Å². The van der Waals surface area contributed by atoms with E-state index in [2.05, 4.69) is 21.3 Å². The van der Waals surface area contributed by atoms with E-state index in [4.69, 9.17) is 5.26 Å². The van der Waals surface area contributed by atoms with Gasteiger partial charge in [0.05, 0.1) is 17.4 Å². The van der Waals surface area contributed by atoms with Gasteiger partial charge in [0, 0.05) is 19.3 Å². The van der Waals surface area contributed by atoms with Gasteiger partial charge in [0.1, 0.15) is 6.07 Å². The van der Waals surface area contributed by atoms with Crippen molar-refractivity contribution in [3.8, 4) is 6.07 Å². The van der Waals surface area contributed by atoms with Gasteiger partial charge < -0.3 is 10.2 Å². The van der Waals surface area contributed by atoms with Crippen LogP contribution >= 0.6 is 0 Å². The molecular formula is C14H20N4. The normalized spacial score (nSPS) is 16.8. The maximum atomic E-state index is 8.98. The van der Waals surface area contributed by atoms with Crippen molar-refractivity contribution in [2.75, 3.05) is 31.5 Å². The van der Waals surface area contributed by atoms with E-state index in [1.54, 1.807) is 18.5 Å². The Morgan fingerprint density at radius 2 is 2.06 bits per heavy atom. The fraction of sp³-hybridized carbons (Fsp3) is 0.571. The third-order valence-electron chi connectivity index (χ3n) is 3.38. The van der Waals surface area contributed by atoms with Gasteiger partial charge in [-0.2, -0.15) is 5.26 Å². The lowest BCUT2D eigenvalue weighted by Gasteiger charge is -2.20. The number of nitrogens with one attached hydrogen (secondary N) is 1. The molecule has 1 aromatic heterocycles. The molecule has 96 valence electrons. The van der Waals surface area contributed by atoms with Gasteiger partial charge in [-0.15, -0.1) is 0 Å². The van der Waals surface area contributed by atoms with Crippen LogP contribution in [0.5, 0.6) is 0 Å². The number of likely N-dealkylation sites (tertiary alicyclic amines) is 1. The minimum absolute atomic E-state index is 0.667. The smallest absolute Gasteiger partial charge is 0.101 e. The van der Waals surface area contributed by atoms with E-state index in [-0.39, 0.29) is 0 Å². The maximum absolute atomic E-state index is 8.98. The molecular weight excluding hydrogens is 224 g/mol. The van der Waals surface area contributed by atoms with Crippen LogP contribution in [0.3, 0.4) is 0 Å². The first kappa shape index (κ1) is 12.8. The van der Waals surface area contributed by atoms with Gasteiger partial charge in [-0.05, 0) is 32.0 Å². The predicted molar refractivity (Wildman–Crippen MR) is 72.3 cm³/mol. The molecule has 2 rings (SSSR count). The molecule has 1 N–H and O–H groups in total. The van der Waals surface area contributed by atoms with Crippen molar-refractivity contribution in [2.24, 2.45) is 0 Å². The van der Waals surface area contributed by atoms with Gasteiger partial charge in [-0.25, -0.2) is 0 Å². The zero-order valence-corrected chi connectivity index (χ0v) is 10.7. The highest BCUT2D eigenvalue weighted by atomic mass is 15.1. The predicted octanol–water partition coefficient (Wildman–Crippen LogP) is 2.24. The summed E-state index contributed by atoms with van der Waals surface area (Å²) in [6.07, 6.45) is 8.74. The summed E-state index contributed by atoms with van der Waals surface area (Å²) in [5, 5.41) is 12.3. The Labute approximate surface area is 109 Å². The van der Waals surface area contributed by atoms with Gasteiger partial charge in [0.15, 0.2) is 0 Å². The van der Waals surface area contributed by atoms with Crippen LogP contribution in [0, 0.1) is 11.3 Å². The molecule has 0 saturated carbocycles. The minimum Gasteiger partial charge on any atom is -0.381 e. The van der Waals surface area contributed by atoms with Crippen molar-refractivity contribution in [1.29, 1.82) is 5.26 Å². The Bertz CT molecular complexity index is 403. The van der Waals surface area contributed by atoms with Crippen LogP contribution in [0.2, 0.25) is 0 Å². The largest absolute Gasteiger partial charge is 0.381 e. The molecule has 1 aliphatic rings. The molecule has 1 saturated heterocycles. The Morgan fingerprint density at radius 1 is 1.28 bits per heavy atom. The van der Waals surface area contributed by atoms with Crippen LogP contribution in [-0.4, -0.2) is 36.1 Å². The van der Waals surface area contributed by atoms with Crippen LogP contribution in [0.15, 0.2) is 18.5 Å². The Balaban J connectivity index is 1.79. The van der Waals surface area contributed by atoms with Crippen LogP contribution in [0.1, 0.15) is 31.2 Å². The summed E-state index contributed by atoms with van der Waals surface area (Å²) in [5.74, 6) is 0. The van der Waals surface area contributed by atoms with Crippen LogP contribution < -0.4 is 5.32 Å². The molecule has 0 amide bonds. The number of rotatable bonds is 4. The lowest BCUT2D eigenvalue weighted by Crippen LogP contribution is -2.30. The molecule has 4 nitrogen and oxygen atoms in total. The van der Waals surface area contributed by atoms with Crippen molar-refractivity contribution in [3.63, 3.8) is 0 Å². The van der Waals surface area contributed by atoms with Crippen LogP contribution in [0.4, 0.5) is 5.69 Å². The minimum atomic E-state index is 0.667. The summed E-state index contributed by atoms with van der Waals surface area (Å²) in [4.78, 5) is 6.55. The number of hydrogen-bond donors (Lipinski definition) is 1. The molecule has 0 aromatic carbocycles. The molecule has 0 atom stereocenters. The SMILES string of the molecule is N#Cc1ccncc1NCCN1CCCCCC1. The molecule has 0 aliphatic carbocycles. The molecule has 0 radical (unpaired) electrons. The highest BCUT2D eigenvalue weighted by Gasteiger charge is 2.08. The Hall–Kier alpha value is -1.60. The molecule has 0 bridgehead atoms. The summed E-state index contributed by atoms with van der Waals surface area (Å²) in [6.45, 7) is 4.33. The first-order chi connectivity index (χ1) is 8.90. The number of pyridine rings is 1. The molecule has 0 unspecified atom stereocenters. The second-order valence-corrected chi connectivity index (χ2v) is 4.72. The van der Waals surface area contributed by atoms with Crippen molar-refractivity contribution < 1.29 is 0 Å². The van der Waals surface area contributed by atoms with E-state index in [0.29, 0.717) is 5.56 Å². The second-order valence-electron chi connectivity index (χ2n) is 4.72. The van der Waals surface area contributed by atoms with Crippen LogP contribution in [0.25, 0.3) is 0 Å². The van der Waals surface area contributed by atoms with E-state index in [1.165, 1.54) is 38.8 Å². The average molecular weight is 244 g/mol. The summed E-state index contributed by atoms with van der Waals surface area (Å²) in [7, 11) is 0. The number of nitriles is 1. The van der Waals surface area contributed by atoms with Gasteiger partial charge in [0.2, 0.25) is 0 Å². The third kappa shape index (κ3) is 3.71. The highest BCUT2D eigenvalue weighted by Crippen LogP contribution is 2.12. The lowest BCUT2D eigenvalue weighted by molar-refractivity contribution is 0.296. The summed E-state index contributed by atoms with van der Waals surface area (Å²) >= 11 is 0. The molecule has 18 heavy (non-hydrogen) atoms. The maximum Gasteiger partial charge on any atom is 0.101 e. The van der Waals surface area contributed by atoms with Crippen LogP contribution in [-0.2, 0) is 0 Å². The van der Waals surface area contributed by atoms with Crippen molar-refractivity contribution >= 4 is 5.69 Å². The van der Waals surface area contributed by atoms with Crippen molar-refractivity contribution in [2.45, 2.75) is 25.7 Å². The second kappa shape index (κ2) is 6.97. The molecule has 1 aliphatic heterocycles. The van der Waals surface area contributed by atoms with E-state index < -0.39 is 0 Å². The van der Waals surface area contributed by atoms with Gasteiger partial charge in [-0.1, -0.05) is 12.8 Å². The summed E-state index contributed by atoms with van der Waals surface area (Å²) < 4.78 is 0.